The van der Waals surface area contributed by atoms with Crippen molar-refractivity contribution in [2.24, 2.45) is 0 Å². The molecule has 0 aliphatic heterocycles. The number of hydrogen-bond donors (Lipinski definition) is 0. The number of para-hydroxylation sites is 1. The van der Waals surface area contributed by atoms with Gasteiger partial charge in [-0.25, -0.2) is 4.98 Å². The molecule has 1 heterocycles. The van der Waals surface area contributed by atoms with E-state index in [9.17, 15) is 0 Å². The maximum Gasteiger partial charge on any atom is 0.0812 e. The summed E-state index contributed by atoms with van der Waals surface area (Å²) in [5.41, 5.74) is 2.97. The maximum atomic E-state index is 4.25. The Morgan fingerprint density at radius 2 is 1.92 bits per heavy atom. The molecule has 0 unspecified atom stereocenters. The molecule has 1 aromatic carbocycles. The third-order valence-corrected chi connectivity index (χ3v) is 2.05. The fourth-order valence-corrected chi connectivity index (χ4v) is 1.48. The lowest BCUT2D eigenvalue weighted by Crippen LogP contribution is -1.61. The third-order valence-electron chi connectivity index (χ3n) is 1.24. The van der Waals surface area contributed by atoms with Crippen molar-refractivity contribution in [2.75, 3.05) is 14.2 Å². The summed E-state index contributed by atoms with van der Waals surface area (Å²) >= 11 is 1.68. The van der Waals surface area contributed by atoms with Gasteiger partial charge in [0.2, 0.25) is 0 Å². The van der Waals surface area contributed by atoms with Gasteiger partial charge in [-0.1, -0.05) is 12.1 Å². The summed E-state index contributed by atoms with van der Waals surface area (Å²) in [6.07, 6.45) is 0. The van der Waals surface area contributed by atoms with Crippen LogP contribution in [0, 0.1) is 0 Å². The van der Waals surface area contributed by atoms with Gasteiger partial charge >= 0.3 is 0 Å². The van der Waals surface area contributed by atoms with Crippen LogP contribution in [0.25, 0.3) is 10.2 Å². The number of thiazole rings is 1. The number of fused-ring (bicyclic) bond motifs is 1. The first-order valence-electron chi connectivity index (χ1n) is 3.57. The average Bonchev–Trinajstić information content (AvgIpc) is 2.52. The largest absolute Gasteiger partial charge is 0.388 e. The molecular formula is C9H11NOS. The van der Waals surface area contributed by atoms with E-state index in [4.69, 9.17) is 0 Å². The van der Waals surface area contributed by atoms with Crippen LogP contribution in [0.3, 0.4) is 0 Å². The molecule has 1 aromatic heterocycles. The van der Waals surface area contributed by atoms with Gasteiger partial charge in [-0.05, 0) is 12.1 Å². The highest BCUT2D eigenvalue weighted by Gasteiger charge is 1.89. The van der Waals surface area contributed by atoms with Crippen LogP contribution in [0.15, 0.2) is 29.8 Å². The van der Waals surface area contributed by atoms with E-state index >= 15 is 0 Å². The van der Waals surface area contributed by atoms with Gasteiger partial charge in [0.25, 0.3) is 0 Å². The molecule has 2 aromatic rings. The van der Waals surface area contributed by atoms with Gasteiger partial charge in [-0.3, -0.25) is 0 Å². The Balaban J connectivity index is 0.000000213. The van der Waals surface area contributed by atoms with Crippen molar-refractivity contribution in [3.05, 3.63) is 29.8 Å². The van der Waals surface area contributed by atoms with Gasteiger partial charge in [-0.2, -0.15) is 0 Å². The lowest BCUT2D eigenvalue weighted by Gasteiger charge is -1.80. The molecule has 0 N–H and O–H groups in total. The minimum Gasteiger partial charge on any atom is -0.388 e. The standard InChI is InChI=1S/C7H5NS.C2H6O/c1-2-4-7-6(3-1)8-5-9-7;1-3-2/h1-5H;1-2H3. The molecule has 0 bridgehead atoms. The molecule has 0 aliphatic rings. The Hall–Kier alpha value is -0.930. The Morgan fingerprint density at radius 3 is 2.58 bits per heavy atom. The van der Waals surface area contributed by atoms with E-state index in [-0.39, 0.29) is 0 Å². The molecule has 0 radical (unpaired) electrons. The number of benzene rings is 1. The number of aromatic nitrogens is 1. The van der Waals surface area contributed by atoms with E-state index in [1.807, 2.05) is 23.7 Å². The van der Waals surface area contributed by atoms with E-state index in [1.165, 1.54) is 4.70 Å². The monoisotopic (exact) mass is 181 g/mol. The van der Waals surface area contributed by atoms with Gasteiger partial charge < -0.3 is 4.74 Å². The first-order chi connectivity index (χ1) is 5.88. The topological polar surface area (TPSA) is 22.1 Å². The predicted octanol–water partition coefficient (Wildman–Crippen LogP) is 2.56. The smallest absolute Gasteiger partial charge is 0.0812 e. The minimum atomic E-state index is 1.10. The van der Waals surface area contributed by atoms with Gasteiger partial charge in [0.1, 0.15) is 0 Å². The van der Waals surface area contributed by atoms with Crippen LogP contribution in [0.2, 0.25) is 0 Å². The summed E-state index contributed by atoms with van der Waals surface area (Å²) in [4.78, 5) is 4.14. The van der Waals surface area contributed by atoms with Gasteiger partial charge in [0.15, 0.2) is 0 Å². The van der Waals surface area contributed by atoms with Gasteiger partial charge in [0.05, 0.1) is 15.7 Å². The molecule has 0 saturated heterocycles. The normalized spacial score (nSPS) is 9.17. The molecule has 0 atom stereocenters. The van der Waals surface area contributed by atoms with Crippen molar-refractivity contribution < 1.29 is 4.74 Å². The van der Waals surface area contributed by atoms with Crippen molar-refractivity contribution in [1.29, 1.82) is 0 Å². The van der Waals surface area contributed by atoms with Crippen LogP contribution in [0.1, 0.15) is 0 Å². The molecule has 0 amide bonds. The first kappa shape index (κ1) is 9.16. The average molecular weight is 181 g/mol. The molecule has 2 rings (SSSR count). The Bertz CT molecular complexity index is 302. The lowest BCUT2D eigenvalue weighted by molar-refractivity contribution is 0.277. The number of rotatable bonds is 0. The van der Waals surface area contributed by atoms with Crippen molar-refractivity contribution in [3.63, 3.8) is 0 Å². The molecule has 0 fully saturated rings. The van der Waals surface area contributed by atoms with Gasteiger partial charge in [0, 0.05) is 14.2 Å². The Morgan fingerprint density at radius 1 is 1.25 bits per heavy atom. The van der Waals surface area contributed by atoms with Crippen molar-refractivity contribution in [2.45, 2.75) is 0 Å². The van der Waals surface area contributed by atoms with Gasteiger partial charge in [-0.15, -0.1) is 11.3 Å². The van der Waals surface area contributed by atoms with Crippen LogP contribution in [0.5, 0.6) is 0 Å². The highest BCUT2D eigenvalue weighted by Crippen LogP contribution is 2.15. The minimum absolute atomic E-state index is 1.10. The zero-order valence-corrected chi connectivity index (χ0v) is 7.97. The number of ether oxygens (including phenoxy) is 1. The number of methoxy groups -OCH3 is 1. The summed E-state index contributed by atoms with van der Waals surface area (Å²) in [6.45, 7) is 0. The lowest BCUT2D eigenvalue weighted by atomic mass is 10.3. The van der Waals surface area contributed by atoms with Crippen molar-refractivity contribution >= 4 is 21.6 Å². The SMILES string of the molecule is COC.c1ccc2scnc2c1. The summed E-state index contributed by atoms with van der Waals surface area (Å²) in [7, 11) is 3.25. The number of hydrogen-bond acceptors (Lipinski definition) is 3. The van der Waals surface area contributed by atoms with E-state index in [0.717, 1.165) is 5.52 Å². The zero-order chi connectivity index (χ0) is 8.81. The van der Waals surface area contributed by atoms with Crippen LogP contribution in [0.4, 0.5) is 0 Å². The molecule has 0 aliphatic carbocycles. The molecule has 2 nitrogen and oxygen atoms in total. The molecule has 12 heavy (non-hydrogen) atoms. The van der Waals surface area contributed by atoms with E-state index in [2.05, 4.69) is 15.8 Å². The third kappa shape index (κ3) is 2.29. The molecular weight excluding hydrogens is 170 g/mol. The number of nitrogens with zero attached hydrogens (tertiary/aromatic N) is 1. The molecule has 0 saturated carbocycles. The predicted molar refractivity (Wildman–Crippen MR) is 52.6 cm³/mol. The fourth-order valence-electron chi connectivity index (χ4n) is 0.803. The van der Waals surface area contributed by atoms with Crippen LogP contribution in [-0.2, 0) is 4.74 Å². The van der Waals surface area contributed by atoms with E-state index in [1.54, 1.807) is 25.6 Å². The van der Waals surface area contributed by atoms with Crippen LogP contribution < -0.4 is 0 Å². The second kappa shape index (κ2) is 4.85. The highest BCUT2D eigenvalue weighted by atomic mass is 32.1. The maximum absolute atomic E-state index is 4.25. The van der Waals surface area contributed by atoms with E-state index < -0.39 is 0 Å². The van der Waals surface area contributed by atoms with Crippen molar-refractivity contribution in [1.82, 2.24) is 4.98 Å². The summed E-state index contributed by atoms with van der Waals surface area (Å²) in [6, 6.07) is 8.13. The summed E-state index contributed by atoms with van der Waals surface area (Å²) < 4.78 is 5.51. The molecule has 64 valence electrons. The van der Waals surface area contributed by atoms with Crippen molar-refractivity contribution in [3.8, 4) is 0 Å². The zero-order valence-electron chi connectivity index (χ0n) is 7.15. The second-order valence-corrected chi connectivity index (χ2v) is 3.11. The Labute approximate surface area is 75.8 Å². The van der Waals surface area contributed by atoms with E-state index in [0.29, 0.717) is 0 Å². The quantitative estimate of drug-likeness (QED) is 0.623. The molecule has 0 spiro atoms. The van der Waals surface area contributed by atoms with Crippen LogP contribution >= 0.6 is 11.3 Å². The molecule has 3 heteroatoms. The highest BCUT2D eigenvalue weighted by molar-refractivity contribution is 7.16. The first-order valence-corrected chi connectivity index (χ1v) is 4.45. The summed E-state index contributed by atoms with van der Waals surface area (Å²) in [5.74, 6) is 0. The second-order valence-electron chi connectivity index (χ2n) is 2.23. The van der Waals surface area contributed by atoms with Crippen LogP contribution in [-0.4, -0.2) is 19.2 Å². The fraction of sp³-hybridized carbons (Fsp3) is 0.222. The Kier molecular flexibility index (Phi) is 3.70. The summed E-state index contributed by atoms with van der Waals surface area (Å²) in [5, 5.41) is 0.